The summed E-state index contributed by atoms with van der Waals surface area (Å²) in [5.74, 6) is 0.556. The van der Waals surface area contributed by atoms with Gasteiger partial charge in [-0.1, -0.05) is 114 Å². The molecular weight excluding hydrogens is 474 g/mol. The summed E-state index contributed by atoms with van der Waals surface area (Å²) in [4.78, 5) is 12.7. The van der Waals surface area contributed by atoms with Crippen LogP contribution in [0.5, 0.6) is 11.5 Å². The van der Waals surface area contributed by atoms with Crippen molar-refractivity contribution in [3.8, 4) is 11.5 Å². The number of nitro groups is 1. The number of aromatic hydroxyl groups is 2. The van der Waals surface area contributed by atoms with Crippen LogP contribution in [0.2, 0.25) is 0 Å². The zero-order valence-corrected chi connectivity index (χ0v) is 26.1. The van der Waals surface area contributed by atoms with Crippen molar-refractivity contribution in [2.45, 2.75) is 136 Å². The quantitative estimate of drug-likeness (QED) is 0.292. The third-order valence-corrected chi connectivity index (χ3v) is 7.68. The van der Waals surface area contributed by atoms with Gasteiger partial charge in [0.1, 0.15) is 11.5 Å². The molecule has 0 heterocycles. The third-order valence-electron chi connectivity index (χ3n) is 7.68. The summed E-state index contributed by atoms with van der Waals surface area (Å²) in [5.41, 5.74) is 2.46. The van der Waals surface area contributed by atoms with Crippen molar-refractivity contribution < 1.29 is 15.1 Å². The van der Waals surface area contributed by atoms with Gasteiger partial charge in [-0.3, -0.25) is 10.1 Å². The maximum Gasteiger partial charge on any atom is 0.229 e. The molecule has 38 heavy (non-hydrogen) atoms. The lowest BCUT2D eigenvalue weighted by molar-refractivity contribution is -0.570. The standard InChI is InChI=1S/C33H51NO4/c1-14-33(34(37)38,19-21-15-23(29(2,3)4)27(35)24(16-21)30(5,6)7)20-22-17-25(31(8,9)10)28(36)26(18-22)32(11,12)13/h15-18,35-36H,14,19-20H2,1-13H3. The first-order valence-corrected chi connectivity index (χ1v) is 13.8. The Bertz CT molecular complexity index is 1030. The predicted octanol–water partition coefficient (Wildman–Crippen LogP) is 8.50. The molecule has 0 aliphatic heterocycles. The Morgan fingerprint density at radius 2 is 0.842 bits per heavy atom. The van der Waals surface area contributed by atoms with E-state index in [1.54, 1.807) is 0 Å². The van der Waals surface area contributed by atoms with Crippen LogP contribution >= 0.6 is 0 Å². The van der Waals surface area contributed by atoms with Gasteiger partial charge in [-0.05, 0) is 55.0 Å². The van der Waals surface area contributed by atoms with Gasteiger partial charge in [-0.2, -0.15) is 0 Å². The van der Waals surface area contributed by atoms with Crippen molar-refractivity contribution in [2.75, 3.05) is 0 Å². The Morgan fingerprint density at radius 1 is 0.605 bits per heavy atom. The second-order valence-electron chi connectivity index (χ2n) is 15.3. The minimum absolute atomic E-state index is 0.117. The Hall–Kier alpha value is -2.56. The molecule has 2 aromatic rings. The predicted molar refractivity (Wildman–Crippen MR) is 158 cm³/mol. The largest absolute Gasteiger partial charge is 0.507 e. The molecule has 2 N–H and O–H groups in total. The summed E-state index contributed by atoms with van der Waals surface area (Å²) in [6.07, 6.45) is 0.853. The highest BCUT2D eigenvalue weighted by Gasteiger charge is 2.43. The van der Waals surface area contributed by atoms with Crippen LogP contribution in [0.15, 0.2) is 24.3 Å². The Balaban J connectivity index is 2.77. The molecule has 0 saturated carbocycles. The molecule has 0 unspecified atom stereocenters. The summed E-state index contributed by atoms with van der Waals surface area (Å²) in [6, 6.07) is 7.82. The summed E-state index contributed by atoms with van der Waals surface area (Å²) in [5, 5.41) is 35.2. The van der Waals surface area contributed by atoms with E-state index in [-0.39, 0.29) is 50.9 Å². The van der Waals surface area contributed by atoms with Crippen molar-refractivity contribution >= 4 is 0 Å². The summed E-state index contributed by atoms with van der Waals surface area (Å²) >= 11 is 0. The van der Waals surface area contributed by atoms with Crippen LogP contribution in [0.1, 0.15) is 130 Å². The molecule has 0 saturated heterocycles. The highest BCUT2D eigenvalue weighted by atomic mass is 16.6. The van der Waals surface area contributed by atoms with Gasteiger partial charge in [0.15, 0.2) is 0 Å². The highest BCUT2D eigenvalue weighted by molar-refractivity contribution is 5.51. The van der Waals surface area contributed by atoms with Crippen molar-refractivity contribution in [3.63, 3.8) is 0 Å². The van der Waals surface area contributed by atoms with Gasteiger partial charge in [0.25, 0.3) is 0 Å². The van der Waals surface area contributed by atoms with Crippen LogP contribution in [-0.4, -0.2) is 20.7 Å². The first-order chi connectivity index (χ1) is 16.9. The van der Waals surface area contributed by atoms with Crippen LogP contribution in [0, 0.1) is 10.1 Å². The molecule has 0 spiro atoms. The fraction of sp³-hybridized carbons (Fsp3) is 0.636. The molecule has 0 aliphatic carbocycles. The molecule has 5 heteroatoms. The minimum Gasteiger partial charge on any atom is -0.507 e. The maximum absolute atomic E-state index is 12.8. The van der Waals surface area contributed by atoms with Gasteiger partial charge >= 0.3 is 0 Å². The van der Waals surface area contributed by atoms with E-state index >= 15 is 0 Å². The maximum atomic E-state index is 12.8. The number of rotatable bonds is 6. The van der Waals surface area contributed by atoms with Crippen molar-refractivity contribution in [3.05, 3.63) is 67.8 Å². The molecule has 2 aromatic carbocycles. The number of phenolic OH excluding ortho intramolecular Hbond substituents is 2. The first kappa shape index (κ1) is 31.7. The van der Waals surface area contributed by atoms with Crippen LogP contribution in [0.25, 0.3) is 0 Å². The summed E-state index contributed by atoms with van der Waals surface area (Å²) < 4.78 is 0. The van der Waals surface area contributed by atoms with Gasteiger partial charge in [-0.15, -0.1) is 0 Å². The highest BCUT2D eigenvalue weighted by Crippen LogP contribution is 2.43. The Kier molecular flexibility index (Phi) is 8.50. The molecular formula is C33H51NO4. The average Bonchev–Trinajstić information content (AvgIpc) is 2.71. The lowest BCUT2D eigenvalue weighted by Crippen LogP contribution is -2.42. The van der Waals surface area contributed by atoms with E-state index in [4.69, 9.17) is 0 Å². The van der Waals surface area contributed by atoms with Gasteiger partial charge in [0.05, 0.1) is 0 Å². The van der Waals surface area contributed by atoms with Gasteiger partial charge in [-0.25, -0.2) is 0 Å². The normalized spacial score (nSPS) is 13.6. The Labute approximate surface area is 230 Å². The van der Waals surface area contributed by atoms with Crippen molar-refractivity contribution in [2.24, 2.45) is 0 Å². The molecule has 5 nitrogen and oxygen atoms in total. The average molecular weight is 526 g/mol. The number of hydrogen-bond donors (Lipinski definition) is 2. The van der Waals surface area contributed by atoms with Gasteiger partial charge in [0.2, 0.25) is 5.54 Å². The second kappa shape index (κ2) is 10.2. The first-order valence-electron chi connectivity index (χ1n) is 13.8. The fourth-order valence-electron chi connectivity index (χ4n) is 5.21. The Morgan fingerprint density at radius 3 is 1.00 bits per heavy atom. The lowest BCUT2D eigenvalue weighted by Gasteiger charge is -2.31. The summed E-state index contributed by atoms with van der Waals surface area (Å²) in [6.45, 7) is 26.5. The number of phenols is 2. The van der Waals surface area contributed by atoms with Gasteiger partial charge < -0.3 is 10.2 Å². The SMILES string of the molecule is CCC(Cc1cc(C(C)(C)C)c(O)c(C(C)(C)C)c1)(Cc1cc(C(C)(C)C)c(O)c(C(C)(C)C)c1)[N+](=O)[O-]. The van der Waals surface area contributed by atoms with Crippen molar-refractivity contribution in [1.29, 1.82) is 0 Å². The molecule has 0 amide bonds. The van der Waals surface area contributed by atoms with Crippen LogP contribution in [-0.2, 0) is 34.5 Å². The molecule has 0 radical (unpaired) electrons. The fourth-order valence-corrected chi connectivity index (χ4v) is 5.21. The molecule has 0 aliphatic rings. The minimum atomic E-state index is -1.23. The van der Waals surface area contributed by atoms with Crippen LogP contribution < -0.4 is 0 Å². The number of hydrogen-bond acceptors (Lipinski definition) is 4. The summed E-state index contributed by atoms with van der Waals surface area (Å²) in [7, 11) is 0. The van der Waals surface area contributed by atoms with E-state index in [0.29, 0.717) is 6.42 Å². The van der Waals surface area contributed by atoms with E-state index in [1.807, 2.05) is 31.2 Å². The van der Waals surface area contributed by atoms with Gasteiger partial charge in [0, 0.05) is 24.2 Å². The van der Waals surface area contributed by atoms with E-state index in [0.717, 1.165) is 33.4 Å². The topological polar surface area (TPSA) is 83.6 Å². The van der Waals surface area contributed by atoms with E-state index in [2.05, 4.69) is 83.1 Å². The van der Waals surface area contributed by atoms with E-state index in [9.17, 15) is 20.3 Å². The van der Waals surface area contributed by atoms with E-state index < -0.39 is 5.54 Å². The molecule has 2 rings (SSSR count). The third kappa shape index (κ3) is 6.71. The van der Waals surface area contributed by atoms with Crippen LogP contribution in [0.4, 0.5) is 0 Å². The monoisotopic (exact) mass is 525 g/mol. The van der Waals surface area contributed by atoms with Crippen molar-refractivity contribution in [1.82, 2.24) is 0 Å². The number of nitrogens with zero attached hydrogens (tertiary/aromatic N) is 1. The second-order valence-corrected chi connectivity index (χ2v) is 15.3. The molecule has 0 aromatic heterocycles. The van der Waals surface area contributed by atoms with E-state index in [1.165, 1.54) is 0 Å². The number of benzene rings is 2. The zero-order valence-electron chi connectivity index (χ0n) is 26.1. The molecule has 212 valence electrons. The molecule has 0 bridgehead atoms. The molecule has 0 fully saturated rings. The lowest BCUT2D eigenvalue weighted by atomic mass is 9.74. The van der Waals surface area contributed by atoms with Crippen LogP contribution in [0.3, 0.4) is 0 Å². The smallest absolute Gasteiger partial charge is 0.229 e. The zero-order chi connectivity index (χ0) is 29.6. The molecule has 0 atom stereocenters.